The number of benzene rings is 1. The van der Waals surface area contributed by atoms with Gasteiger partial charge in [-0.05, 0) is 30.0 Å². The molecule has 3 aliphatic rings. The first-order chi connectivity index (χ1) is 15.5. The highest BCUT2D eigenvalue weighted by molar-refractivity contribution is 8.05. The Morgan fingerprint density at radius 3 is 2.59 bits per heavy atom. The third kappa shape index (κ3) is 2.97. The number of rotatable bonds is 3. The quantitative estimate of drug-likeness (QED) is 0.310. The highest BCUT2D eigenvalue weighted by Crippen LogP contribution is 2.55. The SMILES string of the molecule is O=[N+]([O-])C1=CC(=[N+]([O-])[O-])c2cccnc2C12SC1=CC=CC=CC1=[N+]2Cc1ccccc1. The molecule has 158 valence electrons. The van der Waals surface area contributed by atoms with Crippen molar-refractivity contribution in [3.05, 3.63) is 133 Å². The van der Waals surface area contributed by atoms with E-state index in [-0.39, 0.29) is 17.0 Å². The van der Waals surface area contributed by atoms with Gasteiger partial charge < -0.3 is 10.4 Å². The van der Waals surface area contributed by atoms with Gasteiger partial charge in [0.05, 0.1) is 21.5 Å². The largest absolute Gasteiger partial charge is 0.612 e. The lowest BCUT2D eigenvalue weighted by molar-refractivity contribution is -0.619. The van der Waals surface area contributed by atoms with Gasteiger partial charge in [-0.1, -0.05) is 48.6 Å². The molecule has 1 unspecified atom stereocenters. The molecule has 0 saturated heterocycles. The van der Waals surface area contributed by atoms with Gasteiger partial charge in [0.15, 0.2) is 6.54 Å². The molecule has 1 aromatic carbocycles. The van der Waals surface area contributed by atoms with Crippen LogP contribution in [0.3, 0.4) is 0 Å². The maximum Gasteiger partial charge on any atom is 0.347 e. The van der Waals surface area contributed by atoms with Gasteiger partial charge in [0.25, 0.3) is 0 Å². The predicted octanol–water partition coefficient (Wildman–Crippen LogP) is 3.62. The van der Waals surface area contributed by atoms with Crippen molar-refractivity contribution in [1.29, 1.82) is 0 Å². The van der Waals surface area contributed by atoms with Gasteiger partial charge >= 0.3 is 10.6 Å². The van der Waals surface area contributed by atoms with E-state index in [1.54, 1.807) is 12.1 Å². The number of pyridine rings is 1. The fraction of sp³-hybridized carbons (Fsp3) is 0.0870. The summed E-state index contributed by atoms with van der Waals surface area (Å²) in [5.41, 5.74) is 1.72. The average molecular weight is 444 g/mol. The molecule has 1 atom stereocenters. The second-order valence-electron chi connectivity index (χ2n) is 7.31. The molecule has 9 heteroatoms. The second kappa shape index (κ2) is 7.61. The van der Waals surface area contributed by atoms with Gasteiger partial charge in [0, 0.05) is 17.8 Å². The third-order valence-corrected chi connectivity index (χ3v) is 6.99. The molecule has 1 spiro atoms. The van der Waals surface area contributed by atoms with Crippen molar-refractivity contribution in [1.82, 2.24) is 4.98 Å². The Kier molecular flexibility index (Phi) is 4.75. The molecule has 0 N–H and O–H groups in total. The molecule has 8 nitrogen and oxygen atoms in total. The molecule has 2 aromatic rings. The fourth-order valence-electron chi connectivity index (χ4n) is 4.18. The van der Waals surface area contributed by atoms with Crippen molar-refractivity contribution in [3.63, 3.8) is 0 Å². The van der Waals surface area contributed by atoms with Crippen molar-refractivity contribution >= 4 is 23.2 Å². The number of fused-ring (bicyclic) bond motifs is 3. The minimum atomic E-state index is -1.36. The van der Waals surface area contributed by atoms with Crippen LogP contribution in [0.15, 0.2) is 95.7 Å². The highest BCUT2D eigenvalue weighted by atomic mass is 32.2. The van der Waals surface area contributed by atoms with Crippen LogP contribution in [0, 0.1) is 20.5 Å². The first-order valence-electron chi connectivity index (χ1n) is 9.79. The zero-order valence-electron chi connectivity index (χ0n) is 16.6. The molecule has 0 radical (unpaired) electrons. The van der Waals surface area contributed by atoms with Crippen LogP contribution >= 0.6 is 11.8 Å². The first kappa shape index (κ1) is 20.0. The Morgan fingerprint density at radius 1 is 1.03 bits per heavy atom. The molecule has 0 bridgehead atoms. The molecular weight excluding hydrogens is 428 g/mol. The van der Waals surface area contributed by atoms with Gasteiger partial charge in [-0.15, -0.1) is 0 Å². The maximum atomic E-state index is 12.3. The van der Waals surface area contributed by atoms with Crippen LogP contribution in [0.1, 0.15) is 16.8 Å². The average Bonchev–Trinajstić information content (AvgIpc) is 2.93. The molecule has 1 aliphatic heterocycles. The van der Waals surface area contributed by atoms with Crippen molar-refractivity contribution in [3.8, 4) is 0 Å². The van der Waals surface area contributed by atoms with Crippen LogP contribution in [-0.2, 0) is 11.4 Å². The molecule has 5 rings (SSSR count). The van der Waals surface area contributed by atoms with E-state index < -0.39 is 14.7 Å². The lowest BCUT2D eigenvalue weighted by Gasteiger charge is -2.27. The lowest BCUT2D eigenvalue weighted by atomic mass is 9.92. The van der Waals surface area contributed by atoms with E-state index >= 15 is 0 Å². The normalized spacial score (nSPS) is 21.1. The summed E-state index contributed by atoms with van der Waals surface area (Å²) in [4.78, 5) is 15.2. The van der Waals surface area contributed by atoms with Crippen LogP contribution in [0.5, 0.6) is 0 Å². The summed E-state index contributed by atoms with van der Waals surface area (Å²) in [5, 5.41) is 35.9. The molecule has 0 fully saturated rings. The van der Waals surface area contributed by atoms with E-state index in [2.05, 4.69) is 4.98 Å². The van der Waals surface area contributed by atoms with Gasteiger partial charge in [0.1, 0.15) is 5.69 Å². The second-order valence-corrected chi connectivity index (χ2v) is 8.54. The number of nitro groups is 1. The monoisotopic (exact) mass is 444 g/mol. The molecule has 0 amide bonds. The van der Waals surface area contributed by atoms with E-state index in [9.17, 15) is 20.5 Å². The highest BCUT2D eigenvalue weighted by Gasteiger charge is 2.66. The number of allylic oxidation sites excluding steroid dienone is 7. The van der Waals surface area contributed by atoms with Crippen molar-refractivity contribution in [2.75, 3.05) is 0 Å². The van der Waals surface area contributed by atoms with E-state index in [1.807, 2.05) is 65.3 Å². The Labute approximate surface area is 187 Å². The topological polar surface area (TPSA) is 108 Å². The predicted molar refractivity (Wildman–Crippen MR) is 121 cm³/mol. The smallest absolute Gasteiger partial charge is 0.347 e. The van der Waals surface area contributed by atoms with Crippen LogP contribution < -0.4 is 0 Å². The van der Waals surface area contributed by atoms with E-state index in [1.165, 1.54) is 18.0 Å². The first-order valence-corrected chi connectivity index (χ1v) is 10.6. The number of nitrogens with zero attached hydrogens (tertiary/aromatic N) is 4. The van der Waals surface area contributed by atoms with Gasteiger partial charge in [0.2, 0.25) is 11.4 Å². The molecular formula is C23H16N4O4S. The van der Waals surface area contributed by atoms with Crippen LogP contribution in [0.4, 0.5) is 0 Å². The zero-order chi connectivity index (χ0) is 22.3. The molecule has 2 aliphatic carbocycles. The number of hydrogen-bond donors (Lipinski definition) is 0. The van der Waals surface area contributed by atoms with Gasteiger partial charge in [-0.2, -0.15) is 9.48 Å². The van der Waals surface area contributed by atoms with Gasteiger partial charge in [-0.3, -0.25) is 15.1 Å². The Balaban J connectivity index is 1.85. The fourth-order valence-corrected chi connectivity index (χ4v) is 5.70. The van der Waals surface area contributed by atoms with Crippen molar-refractivity contribution < 1.29 is 14.4 Å². The van der Waals surface area contributed by atoms with Crippen molar-refractivity contribution in [2.45, 2.75) is 11.4 Å². The summed E-state index contributed by atoms with van der Waals surface area (Å²) in [6, 6.07) is 12.8. The van der Waals surface area contributed by atoms with E-state index in [0.717, 1.165) is 22.3 Å². The molecule has 1 aromatic heterocycles. The van der Waals surface area contributed by atoms with Crippen LogP contribution in [0.2, 0.25) is 0 Å². The molecule has 32 heavy (non-hydrogen) atoms. The lowest BCUT2D eigenvalue weighted by Crippen LogP contribution is -2.44. The Morgan fingerprint density at radius 2 is 1.84 bits per heavy atom. The summed E-state index contributed by atoms with van der Waals surface area (Å²) in [7, 11) is 0. The Hall–Kier alpha value is -3.98. The minimum Gasteiger partial charge on any atom is -0.612 e. The zero-order valence-corrected chi connectivity index (χ0v) is 17.4. The van der Waals surface area contributed by atoms with Crippen LogP contribution in [0.25, 0.3) is 0 Å². The summed E-state index contributed by atoms with van der Waals surface area (Å²) < 4.78 is 1.93. The summed E-state index contributed by atoms with van der Waals surface area (Å²) in [6.07, 6.45) is 12.1. The molecule has 2 heterocycles. The van der Waals surface area contributed by atoms with E-state index in [0.29, 0.717) is 12.2 Å². The molecule has 0 saturated carbocycles. The third-order valence-electron chi connectivity index (χ3n) is 5.51. The number of aromatic nitrogens is 1. The maximum absolute atomic E-state index is 12.3. The Bertz CT molecular complexity index is 1320. The summed E-state index contributed by atoms with van der Waals surface area (Å²) >= 11 is 1.29. The van der Waals surface area contributed by atoms with Gasteiger partial charge in [-0.25, -0.2) is 0 Å². The summed E-state index contributed by atoms with van der Waals surface area (Å²) in [6.45, 7) is 0.361. The minimum absolute atomic E-state index is 0.282. The number of thioether (sulfide) groups is 1. The summed E-state index contributed by atoms with van der Waals surface area (Å²) in [5.74, 6) is 0. The van der Waals surface area contributed by atoms with Crippen molar-refractivity contribution in [2.24, 2.45) is 0 Å². The number of hydrogen-bond acceptors (Lipinski definition) is 6. The van der Waals surface area contributed by atoms with E-state index in [4.69, 9.17) is 0 Å². The standard InChI is InChI=1S/C23H16N4O4S/c28-26(29)19-14-21(27(30)31)23(22-17(19)10-7-13-24-22)25(15-16-8-3-1-4-9-16)18-11-5-2-6-12-20(18)32-23/h1-14H,15H2. The van der Waals surface area contributed by atoms with Crippen LogP contribution in [-0.4, -0.2) is 30.8 Å².